The molecule has 0 atom stereocenters. The number of aromatic nitrogens is 3. The lowest BCUT2D eigenvalue weighted by Gasteiger charge is -2.11. The smallest absolute Gasteiger partial charge is 0.191 e. The molecule has 0 fully saturated rings. The first-order valence-corrected chi connectivity index (χ1v) is 9.00. The Morgan fingerprint density at radius 1 is 1.19 bits per heavy atom. The third kappa shape index (κ3) is 4.79. The number of pyridine rings is 1. The number of aryl methyl sites for hydroxylation is 3. The third-order valence-electron chi connectivity index (χ3n) is 4.45. The largest absolute Gasteiger partial charge is 0.361 e. The standard InChI is InChI=1S/C19H26N6O.HI/c1-5-16-15(17(6-2)26-24-16)11-22-19(20-4)21-10-14-12-25-13(3)8-7-9-18(25)23-14;/h7-9,12H,5-6,10-11H2,1-4H3,(H2,20,21,22);1H. The number of halogens is 1. The minimum Gasteiger partial charge on any atom is -0.361 e. The van der Waals surface area contributed by atoms with E-state index in [0.29, 0.717) is 13.1 Å². The van der Waals surface area contributed by atoms with Crippen LogP contribution in [0, 0.1) is 6.92 Å². The second-order valence-corrected chi connectivity index (χ2v) is 6.15. The predicted molar refractivity (Wildman–Crippen MR) is 118 cm³/mol. The summed E-state index contributed by atoms with van der Waals surface area (Å²) in [5, 5.41) is 10.8. The Morgan fingerprint density at radius 2 is 1.96 bits per heavy atom. The molecule has 0 aliphatic heterocycles. The van der Waals surface area contributed by atoms with Crippen LogP contribution in [-0.4, -0.2) is 27.5 Å². The molecule has 0 unspecified atom stereocenters. The summed E-state index contributed by atoms with van der Waals surface area (Å²) in [6.45, 7) is 7.47. The van der Waals surface area contributed by atoms with E-state index in [-0.39, 0.29) is 24.0 Å². The van der Waals surface area contributed by atoms with Crippen LogP contribution in [0.25, 0.3) is 5.65 Å². The fourth-order valence-corrected chi connectivity index (χ4v) is 2.99. The Balaban J connectivity index is 0.00000261. The summed E-state index contributed by atoms with van der Waals surface area (Å²) in [4.78, 5) is 8.93. The molecule has 0 amide bonds. The first-order valence-electron chi connectivity index (χ1n) is 9.00. The molecule has 3 heterocycles. The zero-order valence-electron chi connectivity index (χ0n) is 16.2. The molecule has 0 bridgehead atoms. The van der Waals surface area contributed by atoms with Crippen molar-refractivity contribution in [3.63, 3.8) is 0 Å². The summed E-state index contributed by atoms with van der Waals surface area (Å²) in [5.41, 5.74) is 5.21. The number of nitrogens with zero attached hydrogens (tertiary/aromatic N) is 4. The fourth-order valence-electron chi connectivity index (χ4n) is 2.99. The molecule has 146 valence electrons. The Morgan fingerprint density at radius 3 is 2.63 bits per heavy atom. The van der Waals surface area contributed by atoms with Gasteiger partial charge in [0.25, 0.3) is 0 Å². The van der Waals surface area contributed by atoms with Gasteiger partial charge in [0.05, 0.1) is 17.9 Å². The number of aliphatic imine (C=N–C) groups is 1. The summed E-state index contributed by atoms with van der Waals surface area (Å²) in [5.74, 6) is 1.66. The minimum atomic E-state index is 0. The molecule has 27 heavy (non-hydrogen) atoms. The van der Waals surface area contributed by atoms with Gasteiger partial charge in [-0.3, -0.25) is 4.99 Å². The van der Waals surface area contributed by atoms with Crippen molar-refractivity contribution in [3.8, 4) is 0 Å². The van der Waals surface area contributed by atoms with E-state index in [0.717, 1.165) is 52.9 Å². The molecule has 3 aromatic heterocycles. The van der Waals surface area contributed by atoms with Gasteiger partial charge in [-0.25, -0.2) is 4.98 Å². The lowest BCUT2D eigenvalue weighted by Crippen LogP contribution is -2.36. The summed E-state index contributed by atoms with van der Waals surface area (Å²) in [6, 6.07) is 6.10. The molecule has 3 rings (SSSR count). The molecule has 0 aliphatic rings. The van der Waals surface area contributed by atoms with Gasteiger partial charge in [0.1, 0.15) is 11.4 Å². The van der Waals surface area contributed by atoms with E-state index < -0.39 is 0 Å². The number of hydrogen-bond donors (Lipinski definition) is 2. The Labute approximate surface area is 176 Å². The minimum absolute atomic E-state index is 0. The normalized spacial score (nSPS) is 11.5. The maximum atomic E-state index is 5.41. The van der Waals surface area contributed by atoms with E-state index in [1.54, 1.807) is 7.05 Å². The topological polar surface area (TPSA) is 79.8 Å². The predicted octanol–water partition coefficient (Wildman–Crippen LogP) is 3.24. The van der Waals surface area contributed by atoms with E-state index in [1.165, 1.54) is 0 Å². The third-order valence-corrected chi connectivity index (χ3v) is 4.45. The maximum Gasteiger partial charge on any atom is 0.191 e. The van der Waals surface area contributed by atoms with Crippen LogP contribution in [-0.2, 0) is 25.9 Å². The lowest BCUT2D eigenvalue weighted by molar-refractivity contribution is 0.380. The van der Waals surface area contributed by atoms with Crippen LogP contribution in [0.3, 0.4) is 0 Å². The van der Waals surface area contributed by atoms with Gasteiger partial charge in [-0.15, -0.1) is 24.0 Å². The molecule has 0 aromatic carbocycles. The van der Waals surface area contributed by atoms with Gasteiger partial charge in [0.2, 0.25) is 0 Å². The number of guanidine groups is 1. The summed E-state index contributed by atoms with van der Waals surface area (Å²) in [7, 11) is 1.76. The number of nitrogens with one attached hydrogen (secondary N) is 2. The highest BCUT2D eigenvalue weighted by atomic mass is 127. The van der Waals surface area contributed by atoms with Crippen LogP contribution in [0.1, 0.15) is 42.3 Å². The Bertz CT molecular complexity index is 893. The highest BCUT2D eigenvalue weighted by Crippen LogP contribution is 2.15. The number of rotatable bonds is 6. The van der Waals surface area contributed by atoms with Crippen LogP contribution in [0.2, 0.25) is 0 Å². The van der Waals surface area contributed by atoms with E-state index in [4.69, 9.17) is 4.52 Å². The maximum absolute atomic E-state index is 5.41. The van der Waals surface area contributed by atoms with Gasteiger partial charge in [0, 0.05) is 37.5 Å². The molecular formula is C19H27IN6O. The van der Waals surface area contributed by atoms with Crippen LogP contribution in [0.4, 0.5) is 0 Å². The molecule has 8 heteroatoms. The molecule has 0 saturated heterocycles. The zero-order valence-corrected chi connectivity index (χ0v) is 18.6. The SMILES string of the molecule is CCc1noc(CC)c1CNC(=NC)NCc1cn2c(C)cccc2n1.I. The molecule has 0 spiro atoms. The van der Waals surface area contributed by atoms with E-state index in [9.17, 15) is 0 Å². The molecular weight excluding hydrogens is 455 g/mol. The van der Waals surface area contributed by atoms with Gasteiger partial charge in [-0.2, -0.15) is 0 Å². The highest BCUT2D eigenvalue weighted by Gasteiger charge is 2.13. The van der Waals surface area contributed by atoms with Gasteiger partial charge < -0.3 is 19.6 Å². The Kier molecular flexibility index (Phi) is 7.64. The van der Waals surface area contributed by atoms with E-state index in [2.05, 4.69) is 63.2 Å². The van der Waals surface area contributed by atoms with Gasteiger partial charge in [-0.1, -0.05) is 25.1 Å². The van der Waals surface area contributed by atoms with E-state index in [1.807, 2.05) is 12.1 Å². The first-order chi connectivity index (χ1) is 12.7. The van der Waals surface area contributed by atoms with Crippen molar-refractivity contribution in [1.82, 2.24) is 25.2 Å². The summed E-state index contributed by atoms with van der Waals surface area (Å²) >= 11 is 0. The number of hydrogen-bond acceptors (Lipinski definition) is 4. The highest BCUT2D eigenvalue weighted by molar-refractivity contribution is 14.0. The van der Waals surface area contributed by atoms with Crippen molar-refractivity contribution < 1.29 is 4.52 Å². The molecule has 0 radical (unpaired) electrons. The van der Waals surface area contributed by atoms with Crippen LogP contribution in [0.15, 0.2) is 33.9 Å². The van der Waals surface area contributed by atoms with E-state index >= 15 is 0 Å². The van der Waals surface area contributed by atoms with Gasteiger partial charge >= 0.3 is 0 Å². The average molecular weight is 482 g/mol. The molecule has 0 aliphatic carbocycles. The fraction of sp³-hybridized carbons (Fsp3) is 0.421. The first kappa shape index (κ1) is 21.2. The van der Waals surface area contributed by atoms with Crippen molar-refractivity contribution in [2.45, 2.75) is 46.7 Å². The second-order valence-electron chi connectivity index (χ2n) is 6.15. The summed E-state index contributed by atoms with van der Waals surface area (Å²) in [6.07, 6.45) is 3.74. The molecule has 2 N–H and O–H groups in total. The molecule has 3 aromatic rings. The molecule has 7 nitrogen and oxygen atoms in total. The monoisotopic (exact) mass is 482 g/mol. The van der Waals surface area contributed by atoms with Crippen LogP contribution >= 0.6 is 24.0 Å². The van der Waals surface area contributed by atoms with Crippen molar-refractivity contribution in [1.29, 1.82) is 0 Å². The molecule has 0 saturated carbocycles. The number of imidazole rings is 1. The second kappa shape index (κ2) is 9.72. The van der Waals surface area contributed by atoms with Gasteiger partial charge in [0.15, 0.2) is 5.96 Å². The van der Waals surface area contributed by atoms with Gasteiger partial charge in [-0.05, 0) is 25.5 Å². The lowest BCUT2D eigenvalue weighted by atomic mass is 10.1. The Hall–Kier alpha value is -2.10. The van der Waals surface area contributed by atoms with Crippen molar-refractivity contribution in [2.75, 3.05) is 7.05 Å². The average Bonchev–Trinajstić information content (AvgIpc) is 3.25. The van der Waals surface area contributed by atoms with Crippen molar-refractivity contribution >= 4 is 35.6 Å². The zero-order chi connectivity index (χ0) is 18.5. The van der Waals surface area contributed by atoms with Crippen molar-refractivity contribution in [2.24, 2.45) is 4.99 Å². The summed E-state index contributed by atoms with van der Waals surface area (Å²) < 4.78 is 7.50. The van der Waals surface area contributed by atoms with Crippen LogP contribution < -0.4 is 10.6 Å². The van der Waals surface area contributed by atoms with Crippen LogP contribution in [0.5, 0.6) is 0 Å². The number of fused-ring (bicyclic) bond motifs is 1. The van der Waals surface area contributed by atoms with Crippen molar-refractivity contribution in [3.05, 3.63) is 52.8 Å². The quantitative estimate of drug-likeness (QED) is 0.321.